The third-order valence-corrected chi connectivity index (χ3v) is 4.10. The Hall–Kier alpha value is -0.0800. The minimum Gasteiger partial charge on any atom is -0.327 e. The van der Waals surface area contributed by atoms with Crippen molar-refractivity contribution in [2.45, 2.75) is 70.0 Å². The zero-order valence-electron chi connectivity index (χ0n) is 9.63. The lowest BCUT2D eigenvalue weighted by atomic mass is 9.86. The van der Waals surface area contributed by atoms with Gasteiger partial charge in [-0.25, -0.2) is 0 Å². The lowest BCUT2D eigenvalue weighted by Crippen LogP contribution is -2.57. The summed E-state index contributed by atoms with van der Waals surface area (Å²) in [6, 6.07) is 1.25. The van der Waals surface area contributed by atoms with Crippen molar-refractivity contribution in [1.82, 2.24) is 4.90 Å². The molecule has 0 radical (unpaired) electrons. The van der Waals surface area contributed by atoms with Gasteiger partial charge in [0.2, 0.25) is 0 Å². The molecule has 2 heteroatoms. The number of hydrogen-bond donors (Lipinski definition) is 1. The van der Waals surface area contributed by atoms with Crippen molar-refractivity contribution in [3.05, 3.63) is 0 Å². The highest BCUT2D eigenvalue weighted by Crippen LogP contribution is 2.34. The monoisotopic (exact) mass is 196 g/mol. The van der Waals surface area contributed by atoms with Gasteiger partial charge >= 0.3 is 0 Å². The van der Waals surface area contributed by atoms with E-state index in [4.69, 9.17) is 5.73 Å². The second-order valence-corrected chi connectivity index (χ2v) is 5.70. The van der Waals surface area contributed by atoms with E-state index in [2.05, 4.69) is 18.7 Å². The van der Waals surface area contributed by atoms with Gasteiger partial charge in [-0.15, -0.1) is 0 Å². The summed E-state index contributed by atoms with van der Waals surface area (Å²) < 4.78 is 0. The summed E-state index contributed by atoms with van der Waals surface area (Å²) in [6.45, 7) is 5.89. The molecule has 0 aromatic rings. The van der Waals surface area contributed by atoms with E-state index in [1.54, 1.807) is 0 Å². The highest BCUT2D eigenvalue weighted by atomic mass is 15.2. The maximum Gasteiger partial charge on any atom is 0.0168 e. The summed E-state index contributed by atoms with van der Waals surface area (Å²) in [7, 11) is 0. The van der Waals surface area contributed by atoms with Crippen LogP contribution < -0.4 is 5.73 Å². The van der Waals surface area contributed by atoms with E-state index in [-0.39, 0.29) is 0 Å². The molecule has 1 atom stereocenters. The molecule has 2 nitrogen and oxygen atoms in total. The van der Waals surface area contributed by atoms with Gasteiger partial charge in [0.15, 0.2) is 0 Å². The number of piperidine rings is 1. The van der Waals surface area contributed by atoms with Crippen LogP contribution in [0.2, 0.25) is 0 Å². The molecule has 0 spiro atoms. The van der Waals surface area contributed by atoms with Gasteiger partial charge < -0.3 is 5.73 Å². The van der Waals surface area contributed by atoms with Gasteiger partial charge in [0.1, 0.15) is 0 Å². The van der Waals surface area contributed by atoms with Crippen LogP contribution in [0.25, 0.3) is 0 Å². The molecular weight excluding hydrogens is 172 g/mol. The minimum atomic E-state index is 0.394. The molecule has 2 aliphatic rings. The summed E-state index contributed by atoms with van der Waals surface area (Å²) in [5.41, 5.74) is 6.47. The average molecular weight is 196 g/mol. The number of nitrogens with two attached hydrogens (primary N) is 1. The van der Waals surface area contributed by atoms with Crippen LogP contribution in [0.15, 0.2) is 0 Å². The molecule has 82 valence electrons. The fraction of sp³-hybridized carbons (Fsp3) is 1.00. The van der Waals surface area contributed by atoms with Crippen LogP contribution in [0, 0.1) is 0 Å². The Bertz CT molecular complexity index is 194. The van der Waals surface area contributed by atoms with Gasteiger partial charge in [-0.05, 0) is 39.5 Å². The SMILES string of the molecule is CC1(C)CCC(N)CN1C1CCCC1. The number of likely N-dealkylation sites (tertiary alicyclic amines) is 1. The van der Waals surface area contributed by atoms with E-state index in [0.29, 0.717) is 11.6 Å². The first kappa shape index (κ1) is 10.4. The lowest BCUT2D eigenvalue weighted by molar-refractivity contribution is 0.0266. The number of hydrogen-bond acceptors (Lipinski definition) is 2. The molecule has 0 aromatic heterocycles. The summed E-state index contributed by atoms with van der Waals surface area (Å²) in [5, 5.41) is 0. The van der Waals surface area contributed by atoms with Gasteiger partial charge in [-0.3, -0.25) is 4.90 Å². The standard InChI is InChI=1S/C12H24N2/c1-12(2)8-7-10(13)9-14(12)11-5-3-4-6-11/h10-11H,3-9,13H2,1-2H3. The quantitative estimate of drug-likeness (QED) is 0.696. The molecular formula is C12H24N2. The summed E-state index contributed by atoms with van der Waals surface area (Å²) >= 11 is 0. The number of nitrogens with zero attached hydrogens (tertiary/aromatic N) is 1. The average Bonchev–Trinajstić information content (AvgIpc) is 2.62. The van der Waals surface area contributed by atoms with E-state index in [0.717, 1.165) is 12.6 Å². The first-order chi connectivity index (χ1) is 6.59. The van der Waals surface area contributed by atoms with Crippen LogP contribution in [0.1, 0.15) is 52.4 Å². The Kier molecular flexibility index (Phi) is 2.85. The first-order valence-corrected chi connectivity index (χ1v) is 6.12. The molecule has 2 N–H and O–H groups in total. The number of rotatable bonds is 1. The van der Waals surface area contributed by atoms with Crippen LogP contribution in [-0.2, 0) is 0 Å². The van der Waals surface area contributed by atoms with Crippen LogP contribution in [0.4, 0.5) is 0 Å². The van der Waals surface area contributed by atoms with Gasteiger partial charge in [-0.1, -0.05) is 12.8 Å². The Balaban J connectivity index is 2.05. The van der Waals surface area contributed by atoms with Crippen LogP contribution in [0.3, 0.4) is 0 Å². The molecule has 1 saturated carbocycles. The van der Waals surface area contributed by atoms with E-state index < -0.39 is 0 Å². The largest absolute Gasteiger partial charge is 0.327 e. The molecule has 2 fully saturated rings. The summed E-state index contributed by atoms with van der Waals surface area (Å²) in [5.74, 6) is 0. The Morgan fingerprint density at radius 2 is 1.79 bits per heavy atom. The molecule has 1 heterocycles. The summed E-state index contributed by atoms with van der Waals surface area (Å²) in [4.78, 5) is 2.69. The third kappa shape index (κ3) is 1.96. The van der Waals surface area contributed by atoms with Crippen molar-refractivity contribution in [1.29, 1.82) is 0 Å². The molecule has 1 aliphatic carbocycles. The highest BCUT2D eigenvalue weighted by molar-refractivity contribution is 4.95. The summed E-state index contributed by atoms with van der Waals surface area (Å²) in [6.07, 6.45) is 8.12. The van der Waals surface area contributed by atoms with Crippen molar-refractivity contribution in [2.24, 2.45) is 5.73 Å². The molecule has 1 aliphatic heterocycles. The van der Waals surface area contributed by atoms with Crippen molar-refractivity contribution < 1.29 is 0 Å². The van der Waals surface area contributed by atoms with Crippen LogP contribution in [0.5, 0.6) is 0 Å². The predicted molar refractivity (Wildman–Crippen MR) is 60.3 cm³/mol. The third-order valence-electron chi connectivity index (χ3n) is 4.10. The molecule has 1 saturated heterocycles. The Morgan fingerprint density at radius 1 is 1.14 bits per heavy atom. The van der Waals surface area contributed by atoms with Crippen molar-refractivity contribution in [3.63, 3.8) is 0 Å². The molecule has 0 aromatic carbocycles. The van der Waals surface area contributed by atoms with E-state index in [9.17, 15) is 0 Å². The second-order valence-electron chi connectivity index (χ2n) is 5.70. The van der Waals surface area contributed by atoms with Gasteiger partial charge in [0, 0.05) is 24.2 Å². The fourth-order valence-electron chi connectivity index (χ4n) is 3.13. The van der Waals surface area contributed by atoms with Crippen LogP contribution >= 0.6 is 0 Å². The molecule has 1 unspecified atom stereocenters. The maximum absolute atomic E-state index is 6.07. The second kappa shape index (κ2) is 3.82. The Labute approximate surface area is 87.8 Å². The van der Waals surface area contributed by atoms with Crippen molar-refractivity contribution >= 4 is 0 Å². The van der Waals surface area contributed by atoms with E-state index in [1.807, 2.05) is 0 Å². The smallest absolute Gasteiger partial charge is 0.0168 e. The predicted octanol–water partition coefficient (Wildman–Crippen LogP) is 2.13. The molecule has 14 heavy (non-hydrogen) atoms. The van der Waals surface area contributed by atoms with E-state index >= 15 is 0 Å². The molecule has 0 bridgehead atoms. The van der Waals surface area contributed by atoms with Crippen molar-refractivity contribution in [3.8, 4) is 0 Å². The minimum absolute atomic E-state index is 0.394. The van der Waals surface area contributed by atoms with Gasteiger partial charge in [-0.2, -0.15) is 0 Å². The fourth-order valence-corrected chi connectivity index (χ4v) is 3.13. The van der Waals surface area contributed by atoms with Gasteiger partial charge in [0.05, 0.1) is 0 Å². The maximum atomic E-state index is 6.07. The van der Waals surface area contributed by atoms with Gasteiger partial charge in [0.25, 0.3) is 0 Å². The zero-order valence-corrected chi connectivity index (χ0v) is 9.63. The topological polar surface area (TPSA) is 29.3 Å². The lowest BCUT2D eigenvalue weighted by Gasteiger charge is -2.48. The zero-order chi connectivity index (χ0) is 10.2. The first-order valence-electron chi connectivity index (χ1n) is 6.12. The highest BCUT2D eigenvalue weighted by Gasteiger charge is 2.37. The molecule has 0 amide bonds. The van der Waals surface area contributed by atoms with Crippen LogP contribution in [-0.4, -0.2) is 29.1 Å². The molecule has 2 rings (SSSR count). The normalized spacial score (nSPS) is 34.9. The Morgan fingerprint density at radius 3 is 2.43 bits per heavy atom. The van der Waals surface area contributed by atoms with E-state index in [1.165, 1.54) is 38.5 Å². The van der Waals surface area contributed by atoms with Crippen molar-refractivity contribution in [2.75, 3.05) is 6.54 Å².